The summed E-state index contributed by atoms with van der Waals surface area (Å²) in [4.78, 5) is 15.4. The van der Waals surface area contributed by atoms with E-state index in [1.165, 1.54) is 6.26 Å². The highest BCUT2D eigenvalue weighted by atomic mass is 32.2. The van der Waals surface area contributed by atoms with Crippen LogP contribution >= 0.6 is 0 Å². The lowest BCUT2D eigenvalue weighted by molar-refractivity contribution is -0.152. The first-order chi connectivity index (χ1) is 14.6. The fourth-order valence-electron chi connectivity index (χ4n) is 5.28. The maximum absolute atomic E-state index is 13.7. The van der Waals surface area contributed by atoms with E-state index in [-0.39, 0.29) is 24.1 Å². The van der Waals surface area contributed by atoms with E-state index < -0.39 is 15.6 Å². The third-order valence-electron chi connectivity index (χ3n) is 6.82. The number of carbonyl (C=O) groups excluding carboxylic acids is 1. The third kappa shape index (κ3) is 5.07. The number of piperidine rings is 1. The zero-order valence-corrected chi connectivity index (χ0v) is 19.5. The second kappa shape index (κ2) is 8.71. The van der Waals surface area contributed by atoms with Crippen LogP contribution in [0.15, 0.2) is 24.3 Å². The Morgan fingerprint density at radius 2 is 1.81 bits per heavy atom. The molecule has 1 unspecified atom stereocenters. The summed E-state index contributed by atoms with van der Waals surface area (Å²) >= 11 is 0. The molecule has 1 saturated carbocycles. The minimum absolute atomic E-state index is 0.135. The number of carbonyl (C=O) groups is 1. The van der Waals surface area contributed by atoms with Crippen molar-refractivity contribution in [2.75, 3.05) is 19.4 Å². The molecule has 1 amide bonds. The fourth-order valence-corrected chi connectivity index (χ4v) is 6.10. The number of nitrogens with zero attached hydrogens (tertiary/aromatic N) is 1. The molecule has 2 atom stereocenters. The summed E-state index contributed by atoms with van der Waals surface area (Å²) in [5, 5.41) is 0. The summed E-state index contributed by atoms with van der Waals surface area (Å²) in [5.41, 5.74) is 0.0841. The summed E-state index contributed by atoms with van der Waals surface area (Å²) < 4.78 is 39.4. The molecule has 0 radical (unpaired) electrons. The molecule has 3 aliphatic heterocycles. The average Bonchev–Trinajstić information content (AvgIpc) is 2.72. The van der Waals surface area contributed by atoms with Crippen LogP contribution in [0, 0.1) is 0 Å². The largest absolute Gasteiger partial charge is 0.478 e. The van der Waals surface area contributed by atoms with Crippen LogP contribution < -0.4 is 9.46 Å². The quantitative estimate of drug-likeness (QED) is 0.749. The first kappa shape index (κ1) is 22.6. The Balaban J connectivity index is 1.70. The van der Waals surface area contributed by atoms with Gasteiger partial charge in [-0.15, -0.1) is 0 Å². The van der Waals surface area contributed by atoms with Crippen molar-refractivity contribution < 1.29 is 22.7 Å². The van der Waals surface area contributed by atoms with Crippen LogP contribution in [-0.2, 0) is 19.6 Å². The van der Waals surface area contributed by atoms with Gasteiger partial charge in [0.15, 0.2) is 5.60 Å². The Hall–Kier alpha value is -1.64. The molecule has 3 heterocycles. The van der Waals surface area contributed by atoms with E-state index >= 15 is 0 Å². The Morgan fingerprint density at radius 1 is 1.10 bits per heavy atom. The molecule has 31 heavy (non-hydrogen) atoms. The molecule has 7 nitrogen and oxygen atoms in total. The molecule has 172 valence electrons. The Morgan fingerprint density at radius 3 is 2.52 bits per heavy atom. The van der Waals surface area contributed by atoms with Gasteiger partial charge < -0.3 is 14.4 Å². The molecule has 0 aromatic heterocycles. The van der Waals surface area contributed by atoms with E-state index in [1.807, 2.05) is 18.2 Å². The molecular weight excluding hydrogens is 416 g/mol. The van der Waals surface area contributed by atoms with Crippen LogP contribution in [0.3, 0.4) is 0 Å². The van der Waals surface area contributed by atoms with Gasteiger partial charge in [-0.05, 0) is 69.9 Å². The Bertz CT molecular complexity index is 908. The topological polar surface area (TPSA) is 84.9 Å². The second-order valence-corrected chi connectivity index (χ2v) is 11.4. The maximum atomic E-state index is 13.7. The Labute approximate surface area is 185 Å². The van der Waals surface area contributed by atoms with E-state index in [0.717, 1.165) is 43.4 Å². The lowest BCUT2D eigenvalue weighted by Gasteiger charge is -2.44. The monoisotopic (exact) mass is 450 g/mol. The highest BCUT2D eigenvalue weighted by Crippen LogP contribution is 2.40. The summed E-state index contributed by atoms with van der Waals surface area (Å²) in [6.45, 7) is 4.50. The van der Waals surface area contributed by atoms with Gasteiger partial charge in [0.05, 0.1) is 25.0 Å². The number of benzene rings is 1. The van der Waals surface area contributed by atoms with Gasteiger partial charge in [-0.1, -0.05) is 18.2 Å². The number of nitrogens with one attached hydrogen (secondary N) is 1. The molecular formula is C23H34N2O5S. The normalized spacial score (nSPS) is 31.5. The molecule has 5 rings (SSSR count). The van der Waals surface area contributed by atoms with E-state index in [0.29, 0.717) is 25.5 Å². The van der Waals surface area contributed by atoms with Crippen molar-refractivity contribution in [3.8, 4) is 5.75 Å². The number of sulfonamides is 1. The molecule has 1 N–H and O–H groups in total. The lowest BCUT2D eigenvalue weighted by Crippen LogP contribution is -2.62. The molecule has 1 aliphatic carbocycles. The van der Waals surface area contributed by atoms with Crippen LogP contribution in [0.25, 0.3) is 0 Å². The summed E-state index contributed by atoms with van der Waals surface area (Å²) in [6.07, 6.45) is 6.64. The molecule has 1 aromatic carbocycles. The predicted molar refractivity (Wildman–Crippen MR) is 119 cm³/mol. The second-order valence-electron chi connectivity index (χ2n) is 9.66. The van der Waals surface area contributed by atoms with Gasteiger partial charge >= 0.3 is 0 Å². The van der Waals surface area contributed by atoms with Crippen LogP contribution in [0.5, 0.6) is 5.75 Å². The summed E-state index contributed by atoms with van der Waals surface area (Å²) in [6, 6.07) is 7.32. The number of hydrogen-bond acceptors (Lipinski definition) is 5. The molecule has 1 saturated heterocycles. The molecule has 0 spiro atoms. The smallest absolute Gasteiger partial charge is 0.266 e. The van der Waals surface area contributed by atoms with Gasteiger partial charge in [-0.3, -0.25) is 4.79 Å². The Kier molecular flexibility index (Phi) is 6.34. The maximum Gasteiger partial charge on any atom is 0.266 e. The first-order valence-electron chi connectivity index (χ1n) is 11.3. The van der Waals surface area contributed by atoms with Gasteiger partial charge in [0.1, 0.15) is 5.75 Å². The molecule has 2 fully saturated rings. The molecule has 1 aromatic rings. The van der Waals surface area contributed by atoms with E-state index in [1.54, 1.807) is 18.7 Å². The van der Waals surface area contributed by atoms with E-state index in [9.17, 15) is 13.2 Å². The zero-order chi connectivity index (χ0) is 22.2. The number of para-hydroxylation sites is 1. The first-order valence-corrected chi connectivity index (χ1v) is 13.2. The number of hydrogen-bond donors (Lipinski definition) is 1. The minimum atomic E-state index is -3.40. The van der Waals surface area contributed by atoms with E-state index in [4.69, 9.17) is 9.47 Å². The standard InChI is InChI=1S/C23H34N2O5S/c1-23(2)22(26)25-14-6-8-19(24-31(3,27)28)20(25)15-29-17-12-10-16(11-13-17)18-7-4-5-9-21(18)30-23/h4-5,7,9,16-17,19-20,24H,6,8,10-15H2,1-3H3/t16?,17?,19-,20?/m0/s1. The van der Waals surface area contributed by atoms with Crippen molar-refractivity contribution in [3.05, 3.63) is 29.8 Å². The number of ether oxygens (including phenoxy) is 2. The number of rotatable bonds is 2. The molecule has 8 heteroatoms. The lowest BCUT2D eigenvalue weighted by atomic mass is 9.82. The summed E-state index contributed by atoms with van der Waals surface area (Å²) in [7, 11) is -3.40. The average molecular weight is 451 g/mol. The van der Waals surface area contributed by atoms with Gasteiger partial charge in [-0.2, -0.15) is 0 Å². The van der Waals surface area contributed by atoms with Gasteiger partial charge in [0.25, 0.3) is 5.91 Å². The van der Waals surface area contributed by atoms with Gasteiger partial charge in [0, 0.05) is 12.6 Å². The van der Waals surface area contributed by atoms with Crippen LogP contribution in [-0.4, -0.2) is 62.4 Å². The fraction of sp³-hybridized carbons (Fsp3) is 0.696. The van der Waals surface area contributed by atoms with Crippen LogP contribution in [0.4, 0.5) is 0 Å². The van der Waals surface area contributed by atoms with Crippen LogP contribution in [0.1, 0.15) is 63.9 Å². The zero-order valence-electron chi connectivity index (χ0n) is 18.7. The van der Waals surface area contributed by atoms with Gasteiger partial charge in [0.2, 0.25) is 10.0 Å². The van der Waals surface area contributed by atoms with Crippen molar-refractivity contribution in [2.24, 2.45) is 0 Å². The minimum Gasteiger partial charge on any atom is -0.478 e. The van der Waals surface area contributed by atoms with Crippen molar-refractivity contribution in [2.45, 2.75) is 82.1 Å². The van der Waals surface area contributed by atoms with Crippen molar-refractivity contribution in [1.29, 1.82) is 0 Å². The number of fused-ring (bicyclic) bond motifs is 5. The third-order valence-corrected chi connectivity index (χ3v) is 7.55. The molecule has 4 aliphatic rings. The predicted octanol–water partition coefficient (Wildman–Crippen LogP) is 2.81. The van der Waals surface area contributed by atoms with E-state index in [2.05, 4.69) is 10.8 Å². The highest BCUT2D eigenvalue weighted by Gasteiger charge is 2.43. The number of amides is 1. The van der Waals surface area contributed by atoms with Crippen LogP contribution in [0.2, 0.25) is 0 Å². The van der Waals surface area contributed by atoms with Crippen molar-refractivity contribution in [1.82, 2.24) is 9.62 Å². The van der Waals surface area contributed by atoms with Crippen molar-refractivity contribution in [3.63, 3.8) is 0 Å². The van der Waals surface area contributed by atoms with Crippen molar-refractivity contribution >= 4 is 15.9 Å². The summed E-state index contributed by atoms with van der Waals surface area (Å²) in [5.74, 6) is 1.02. The van der Waals surface area contributed by atoms with Gasteiger partial charge in [-0.25, -0.2) is 13.1 Å². The SMILES string of the molecule is CC1(C)Oc2ccccc2C2CCC(CC2)OCC2[C@@H](NS(C)(=O)=O)CCCN2C1=O. The highest BCUT2D eigenvalue weighted by molar-refractivity contribution is 7.88. The molecule has 2 bridgehead atoms.